The van der Waals surface area contributed by atoms with Crippen LogP contribution in [-0.2, 0) is 12.7 Å². The molecular weight excluding hydrogens is 438 g/mol. The summed E-state index contributed by atoms with van der Waals surface area (Å²) in [6, 6.07) is 11.5. The van der Waals surface area contributed by atoms with Gasteiger partial charge in [0.2, 0.25) is 0 Å². The lowest BCUT2D eigenvalue weighted by Crippen LogP contribution is -2.05. The third-order valence-electron chi connectivity index (χ3n) is 4.36. The molecule has 0 radical (unpaired) electrons. The van der Waals surface area contributed by atoms with E-state index in [1.807, 2.05) is 0 Å². The van der Waals surface area contributed by atoms with E-state index in [2.05, 4.69) is 35.5 Å². The van der Waals surface area contributed by atoms with Gasteiger partial charge in [-0.3, -0.25) is 9.97 Å². The van der Waals surface area contributed by atoms with Gasteiger partial charge in [-0.05, 0) is 42.5 Å². The summed E-state index contributed by atoms with van der Waals surface area (Å²) in [5, 5.41) is 10.8. The lowest BCUT2D eigenvalue weighted by Gasteiger charge is -2.10. The normalized spacial score (nSPS) is 11.6. The van der Waals surface area contributed by atoms with Crippen molar-refractivity contribution in [3.8, 4) is 11.3 Å². The minimum atomic E-state index is -4.42. The second kappa shape index (κ2) is 9.47. The smallest absolute Gasteiger partial charge is 0.354 e. The van der Waals surface area contributed by atoms with Crippen molar-refractivity contribution in [2.75, 3.05) is 5.32 Å². The topological polar surface area (TPSA) is 88.3 Å². The molecule has 0 saturated heterocycles. The van der Waals surface area contributed by atoms with Gasteiger partial charge in [0.15, 0.2) is 5.82 Å². The Morgan fingerprint density at radius 3 is 2.52 bits per heavy atom. The first-order chi connectivity index (χ1) is 15.9. The molecule has 0 amide bonds. The Kier molecular flexibility index (Phi) is 6.29. The summed E-state index contributed by atoms with van der Waals surface area (Å²) in [5.41, 5.74) is 1.17. The Morgan fingerprint density at radius 2 is 1.79 bits per heavy atom. The van der Waals surface area contributed by atoms with E-state index < -0.39 is 17.6 Å². The molecule has 0 aliphatic rings. The number of azo groups is 1. The molecule has 4 rings (SSSR count). The molecule has 0 aliphatic carbocycles. The van der Waals surface area contributed by atoms with Gasteiger partial charge in [-0.1, -0.05) is 6.07 Å². The summed E-state index contributed by atoms with van der Waals surface area (Å²) in [5.74, 6) is -0.620. The van der Waals surface area contributed by atoms with Crippen LogP contribution < -0.4 is 5.32 Å². The zero-order chi connectivity index (χ0) is 23.3. The molecule has 11 heteroatoms. The predicted molar refractivity (Wildman–Crippen MR) is 112 cm³/mol. The number of benzene rings is 1. The van der Waals surface area contributed by atoms with Gasteiger partial charge in [-0.2, -0.15) is 18.3 Å². The molecule has 4 aromatic rings. The second-order valence-electron chi connectivity index (χ2n) is 6.75. The van der Waals surface area contributed by atoms with Crippen molar-refractivity contribution in [1.29, 1.82) is 0 Å². The van der Waals surface area contributed by atoms with Gasteiger partial charge in [-0.15, -0.1) is 5.11 Å². The number of hydrogen-bond acceptors (Lipinski definition) is 7. The number of rotatable bonds is 6. The Hall–Kier alpha value is -4.28. The van der Waals surface area contributed by atoms with E-state index in [0.717, 1.165) is 18.3 Å². The SMILES string of the molecule is Fc1cnc(N=NCc2ccc(Nc3cccc(C(F)(F)F)c3)cn2)nc1-c1cccnc1. The second-order valence-corrected chi connectivity index (χ2v) is 6.75. The van der Waals surface area contributed by atoms with E-state index in [1.165, 1.54) is 24.5 Å². The monoisotopic (exact) mass is 453 g/mol. The fraction of sp³-hybridized carbons (Fsp3) is 0.0909. The van der Waals surface area contributed by atoms with Crippen molar-refractivity contribution in [2.45, 2.75) is 12.7 Å². The molecule has 1 aromatic carbocycles. The van der Waals surface area contributed by atoms with Crippen LogP contribution in [0, 0.1) is 5.82 Å². The molecule has 0 spiro atoms. The Balaban J connectivity index is 1.40. The van der Waals surface area contributed by atoms with Crippen molar-refractivity contribution < 1.29 is 17.6 Å². The van der Waals surface area contributed by atoms with Gasteiger partial charge in [0, 0.05) is 23.6 Å². The van der Waals surface area contributed by atoms with Gasteiger partial charge in [0.25, 0.3) is 5.95 Å². The zero-order valence-electron chi connectivity index (χ0n) is 16.8. The van der Waals surface area contributed by atoms with Gasteiger partial charge in [0.1, 0.15) is 12.2 Å². The van der Waals surface area contributed by atoms with E-state index in [0.29, 0.717) is 16.9 Å². The number of alkyl halides is 3. The van der Waals surface area contributed by atoms with Gasteiger partial charge >= 0.3 is 6.18 Å². The summed E-state index contributed by atoms with van der Waals surface area (Å²) < 4.78 is 52.5. The van der Waals surface area contributed by atoms with Crippen molar-refractivity contribution >= 4 is 17.3 Å². The average Bonchev–Trinajstić information content (AvgIpc) is 2.81. The predicted octanol–water partition coefficient (Wildman–Crippen LogP) is 6.12. The standard InChI is InChI=1S/C22H15F4N7/c23-19-13-29-21(32-20(19)14-3-2-8-27-10-14)33-30-12-17-6-7-18(11-28-17)31-16-5-1-4-15(9-16)22(24,25)26/h1-11,13,31H,12H2. The summed E-state index contributed by atoms with van der Waals surface area (Å²) in [6.07, 6.45) is 1.11. The molecule has 1 N–H and O–H groups in total. The number of halogens is 4. The zero-order valence-corrected chi connectivity index (χ0v) is 16.8. The number of aromatic nitrogens is 4. The van der Waals surface area contributed by atoms with Crippen LogP contribution in [0.5, 0.6) is 0 Å². The maximum atomic E-state index is 14.0. The summed E-state index contributed by atoms with van der Waals surface area (Å²) in [4.78, 5) is 16.0. The summed E-state index contributed by atoms with van der Waals surface area (Å²) in [6.45, 7) is 0.104. The minimum Gasteiger partial charge on any atom is -0.354 e. The van der Waals surface area contributed by atoms with Crippen molar-refractivity contribution in [2.24, 2.45) is 10.2 Å². The van der Waals surface area contributed by atoms with Crippen molar-refractivity contribution in [1.82, 2.24) is 19.9 Å². The third kappa shape index (κ3) is 5.70. The molecule has 3 aromatic heterocycles. The lowest BCUT2D eigenvalue weighted by atomic mass is 10.2. The third-order valence-corrected chi connectivity index (χ3v) is 4.36. The van der Waals surface area contributed by atoms with Crippen LogP contribution >= 0.6 is 0 Å². The molecule has 7 nitrogen and oxygen atoms in total. The van der Waals surface area contributed by atoms with Gasteiger partial charge in [0.05, 0.1) is 29.3 Å². The largest absolute Gasteiger partial charge is 0.416 e. The molecule has 0 unspecified atom stereocenters. The first-order valence-electron chi connectivity index (χ1n) is 9.58. The Labute approximate surface area is 185 Å². The van der Waals surface area contributed by atoms with Crippen molar-refractivity contribution in [3.05, 3.63) is 90.4 Å². The maximum Gasteiger partial charge on any atom is 0.416 e. The lowest BCUT2D eigenvalue weighted by molar-refractivity contribution is -0.137. The molecule has 0 bridgehead atoms. The van der Waals surface area contributed by atoms with E-state index in [-0.39, 0.29) is 23.9 Å². The molecule has 3 heterocycles. The number of anilines is 2. The van der Waals surface area contributed by atoms with Crippen LogP contribution in [-0.4, -0.2) is 19.9 Å². The summed E-state index contributed by atoms with van der Waals surface area (Å²) >= 11 is 0. The molecule has 33 heavy (non-hydrogen) atoms. The quantitative estimate of drug-likeness (QED) is 0.281. The molecular formula is C22H15F4N7. The Bertz CT molecular complexity index is 1260. The highest BCUT2D eigenvalue weighted by atomic mass is 19.4. The molecule has 0 atom stereocenters. The fourth-order valence-electron chi connectivity index (χ4n) is 2.81. The number of nitrogens with zero attached hydrogens (tertiary/aromatic N) is 6. The van der Waals surface area contributed by atoms with Gasteiger partial charge < -0.3 is 5.32 Å². The average molecular weight is 453 g/mol. The minimum absolute atomic E-state index is 0.0157. The first-order valence-corrected chi connectivity index (χ1v) is 9.58. The number of pyridine rings is 2. The van der Waals surface area contributed by atoms with Crippen LogP contribution in [0.4, 0.5) is 34.9 Å². The molecule has 166 valence electrons. The highest BCUT2D eigenvalue weighted by Crippen LogP contribution is 2.31. The molecule has 0 aliphatic heterocycles. The van der Waals surface area contributed by atoms with E-state index >= 15 is 0 Å². The summed E-state index contributed by atoms with van der Waals surface area (Å²) in [7, 11) is 0. The number of hydrogen-bond donors (Lipinski definition) is 1. The molecule has 0 saturated carbocycles. The maximum absolute atomic E-state index is 14.0. The van der Waals surface area contributed by atoms with Gasteiger partial charge in [-0.25, -0.2) is 14.4 Å². The Morgan fingerprint density at radius 1 is 0.909 bits per heavy atom. The van der Waals surface area contributed by atoms with Crippen LogP contribution in [0.3, 0.4) is 0 Å². The fourth-order valence-corrected chi connectivity index (χ4v) is 2.81. The van der Waals surface area contributed by atoms with Crippen LogP contribution in [0.1, 0.15) is 11.3 Å². The number of nitrogens with one attached hydrogen (secondary N) is 1. The van der Waals surface area contributed by atoms with E-state index in [1.54, 1.807) is 30.5 Å². The van der Waals surface area contributed by atoms with Crippen LogP contribution in [0.2, 0.25) is 0 Å². The first kappa shape index (κ1) is 21.9. The van der Waals surface area contributed by atoms with E-state index in [4.69, 9.17) is 0 Å². The highest BCUT2D eigenvalue weighted by molar-refractivity contribution is 5.60. The van der Waals surface area contributed by atoms with Crippen LogP contribution in [0.25, 0.3) is 11.3 Å². The van der Waals surface area contributed by atoms with E-state index in [9.17, 15) is 17.6 Å². The van der Waals surface area contributed by atoms with Crippen molar-refractivity contribution in [3.63, 3.8) is 0 Å². The molecule has 0 fully saturated rings. The highest BCUT2D eigenvalue weighted by Gasteiger charge is 2.30. The van der Waals surface area contributed by atoms with Crippen LogP contribution in [0.15, 0.2) is 83.5 Å².